The third-order valence-electron chi connectivity index (χ3n) is 3.62. The van der Waals surface area contributed by atoms with Gasteiger partial charge in [-0.1, -0.05) is 0 Å². The van der Waals surface area contributed by atoms with Crippen molar-refractivity contribution in [2.75, 3.05) is 20.3 Å². The van der Waals surface area contributed by atoms with Crippen LogP contribution in [-0.2, 0) is 4.79 Å². The zero-order valence-corrected chi connectivity index (χ0v) is 12.1. The second kappa shape index (κ2) is 6.03. The molecule has 1 aromatic carbocycles. The summed E-state index contributed by atoms with van der Waals surface area (Å²) in [6.07, 6.45) is 1.21. The summed E-state index contributed by atoms with van der Waals surface area (Å²) in [7, 11) is 1.50. The molecule has 1 fully saturated rings. The molecule has 1 aromatic rings. The van der Waals surface area contributed by atoms with Crippen LogP contribution in [0.15, 0.2) is 18.2 Å². The summed E-state index contributed by atoms with van der Waals surface area (Å²) in [6.45, 7) is 2.51. The summed E-state index contributed by atoms with van der Waals surface area (Å²) in [5, 5.41) is 11.7. The van der Waals surface area contributed by atoms with Gasteiger partial charge < -0.3 is 19.9 Å². The smallest absolute Gasteiger partial charge is 0.311 e. The number of amides is 1. The molecule has 1 aliphatic carbocycles. The fourth-order valence-corrected chi connectivity index (χ4v) is 2.05. The molecule has 1 aliphatic rings. The molecule has 0 heterocycles. The monoisotopic (exact) mass is 293 g/mol. The summed E-state index contributed by atoms with van der Waals surface area (Å²) in [6, 6.07) is 4.88. The van der Waals surface area contributed by atoms with E-state index < -0.39 is 11.4 Å². The first-order chi connectivity index (χ1) is 10.0. The van der Waals surface area contributed by atoms with Crippen molar-refractivity contribution < 1.29 is 24.2 Å². The van der Waals surface area contributed by atoms with Gasteiger partial charge in [-0.3, -0.25) is 9.59 Å². The van der Waals surface area contributed by atoms with Crippen LogP contribution in [0.4, 0.5) is 0 Å². The summed E-state index contributed by atoms with van der Waals surface area (Å²) in [4.78, 5) is 23.1. The third-order valence-corrected chi connectivity index (χ3v) is 3.62. The van der Waals surface area contributed by atoms with E-state index in [2.05, 4.69) is 5.32 Å². The average Bonchev–Trinajstić information content (AvgIpc) is 3.26. The summed E-state index contributed by atoms with van der Waals surface area (Å²) < 4.78 is 10.6. The number of hydrogen-bond donors (Lipinski definition) is 2. The lowest BCUT2D eigenvalue weighted by Crippen LogP contribution is -2.34. The largest absolute Gasteiger partial charge is 0.493 e. The number of carbonyl (C=O) groups is 2. The molecule has 6 heteroatoms. The maximum atomic E-state index is 12.1. The highest BCUT2D eigenvalue weighted by Crippen LogP contribution is 2.45. The van der Waals surface area contributed by atoms with Crippen molar-refractivity contribution in [2.24, 2.45) is 5.41 Å². The molecule has 6 nitrogen and oxygen atoms in total. The van der Waals surface area contributed by atoms with Gasteiger partial charge in [-0.25, -0.2) is 0 Å². The molecule has 0 saturated heterocycles. The van der Waals surface area contributed by atoms with Crippen LogP contribution < -0.4 is 14.8 Å². The lowest BCUT2D eigenvalue weighted by Gasteiger charge is -2.13. The third kappa shape index (κ3) is 3.26. The van der Waals surface area contributed by atoms with Crippen LogP contribution in [-0.4, -0.2) is 37.2 Å². The topological polar surface area (TPSA) is 84.9 Å². The number of carboxylic acid groups (broad SMARTS) is 1. The van der Waals surface area contributed by atoms with Gasteiger partial charge in [0.2, 0.25) is 0 Å². The van der Waals surface area contributed by atoms with E-state index >= 15 is 0 Å². The number of carboxylic acids is 1. The molecule has 114 valence electrons. The van der Waals surface area contributed by atoms with Crippen molar-refractivity contribution in [3.05, 3.63) is 23.8 Å². The minimum Gasteiger partial charge on any atom is -0.493 e. The lowest BCUT2D eigenvalue weighted by atomic mass is 10.1. The maximum Gasteiger partial charge on any atom is 0.311 e. The molecular formula is C15H19NO5. The second-order valence-electron chi connectivity index (χ2n) is 5.07. The van der Waals surface area contributed by atoms with E-state index in [1.54, 1.807) is 18.2 Å². The Morgan fingerprint density at radius 2 is 2.05 bits per heavy atom. The first-order valence-corrected chi connectivity index (χ1v) is 6.85. The molecule has 0 unspecified atom stereocenters. The SMILES string of the molecule is CCOc1ccc(C(=O)NCC2(C(=O)O)CC2)cc1OC. The number of benzene rings is 1. The van der Waals surface area contributed by atoms with E-state index in [9.17, 15) is 9.59 Å². The van der Waals surface area contributed by atoms with Crippen LogP contribution in [0.2, 0.25) is 0 Å². The number of ether oxygens (including phenoxy) is 2. The molecule has 0 spiro atoms. The van der Waals surface area contributed by atoms with Gasteiger partial charge >= 0.3 is 5.97 Å². The van der Waals surface area contributed by atoms with E-state index in [-0.39, 0.29) is 12.5 Å². The molecule has 0 aromatic heterocycles. The Labute approximate surface area is 123 Å². The van der Waals surface area contributed by atoms with Crippen molar-refractivity contribution in [1.82, 2.24) is 5.32 Å². The highest BCUT2D eigenvalue weighted by Gasteiger charge is 2.50. The fraction of sp³-hybridized carbons (Fsp3) is 0.467. The number of rotatable bonds is 7. The van der Waals surface area contributed by atoms with Crippen molar-refractivity contribution in [1.29, 1.82) is 0 Å². The predicted octanol–water partition coefficient (Wildman–Crippen LogP) is 1.69. The van der Waals surface area contributed by atoms with Gasteiger partial charge in [-0.2, -0.15) is 0 Å². The van der Waals surface area contributed by atoms with Gasteiger partial charge in [-0.05, 0) is 38.0 Å². The number of aliphatic carboxylic acids is 1. The average molecular weight is 293 g/mol. The minimum absolute atomic E-state index is 0.149. The Balaban J connectivity index is 2.04. The Kier molecular flexibility index (Phi) is 4.35. The Hall–Kier alpha value is -2.24. The summed E-state index contributed by atoms with van der Waals surface area (Å²) in [5.74, 6) is -0.124. The van der Waals surface area contributed by atoms with Gasteiger partial charge in [0.25, 0.3) is 5.91 Å². The normalized spacial score (nSPS) is 15.1. The molecule has 1 saturated carbocycles. The minimum atomic E-state index is -0.855. The fourth-order valence-electron chi connectivity index (χ4n) is 2.05. The lowest BCUT2D eigenvalue weighted by molar-refractivity contribution is -0.143. The van der Waals surface area contributed by atoms with E-state index in [0.717, 1.165) is 0 Å². The highest BCUT2D eigenvalue weighted by atomic mass is 16.5. The molecule has 2 N–H and O–H groups in total. The Morgan fingerprint density at radius 1 is 1.33 bits per heavy atom. The van der Waals surface area contributed by atoms with Gasteiger partial charge in [-0.15, -0.1) is 0 Å². The number of hydrogen-bond acceptors (Lipinski definition) is 4. The van der Waals surface area contributed by atoms with E-state index in [1.165, 1.54) is 7.11 Å². The van der Waals surface area contributed by atoms with E-state index in [1.807, 2.05) is 6.92 Å². The van der Waals surface area contributed by atoms with Crippen LogP contribution >= 0.6 is 0 Å². The molecule has 0 aliphatic heterocycles. The maximum absolute atomic E-state index is 12.1. The Bertz CT molecular complexity index is 551. The van der Waals surface area contributed by atoms with Crippen LogP contribution in [0.1, 0.15) is 30.1 Å². The summed E-state index contributed by atoms with van der Waals surface area (Å²) >= 11 is 0. The van der Waals surface area contributed by atoms with Gasteiger partial charge in [0.15, 0.2) is 11.5 Å². The number of nitrogens with one attached hydrogen (secondary N) is 1. The van der Waals surface area contributed by atoms with Crippen molar-refractivity contribution >= 4 is 11.9 Å². The summed E-state index contributed by atoms with van der Waals surface area (Å²) in [5.41, 5.74) is -0.359. The van der Waals surface area contributed by atoms with Gasteiger partial charge in [0.1, 0.15) is 0 Å². The predicted molar refractivity (Wildman–Crippen MR) is 75.8 cm³/mol. The first kappa shape index (κ1) is 15.2. The molecule has 0 atom stereocenters. The quantitative estimate of drug-likeness (QED) is 0.799. The Morgan fingerprint density at radius 3 is 2.57 bits per heavy atom. The van der Waals surface area contributed by atoms with Crippen LogP contribution in [0, 0.1) is 5.41 Å². The second-order valence-corrected chi connectivity index (χ2v) is 5.07. The van der Waals surface area contributed by atoms with Crippen molar-refractivity contribution in [3.8, 4) is 11.5 Å². The zero-order valence-electron chi connectivity index (χ0n) is 12.1. The van der Waals surface area contributed by atoms with E-state index in [4.69, 9.17) is 14.6 Å². The highest BCUT2D eigenvalue weighted by molar-refractivity contribution is 5.95. The molecule has 0 radical (unpaired) electrons. The molecule has 21 heavy (non-hydrogen) atoms. The molecular weight excluding hydrogens is 274 g/mol. The standard InChI is InChI=1S/C15H19NO5/c1-3-21-11-5-4-10(8-12(11)20-2)13(17)16-9-15(6-7-15)14(18)19/h4-5,8H,3,6-7,9H2,1-2H3,(H,16,17)(H,18,19). The van der Waals surface area contributed by atoms with Crippen molar-refractivity contribution in [2.45, 2.75) is 19.8 Å². The van der Waals surface area contributed by atoms with Crippen LogP contribution in [0.5, 0.6) is 11.5 Å². The number of methoxy groups -OCH3 is 1. The molecule has 0 bridgehead atoms. The van der Waals surface area contributed by atoms with Crippen LogP contribution in [0.3, 0.4) is 0 Å². The van der Waals surface area contributed by atoms with E-state index in [0.29, 0.717) is 36.5 Å². The number of carbonyl (C=O) groups excluding carboxylic acids is 1. The van der Waals surface area contributed by atoms with Crippen LogP contribution in [0.25, 0.3) is 0 Å². The first-order valence-electron chi connectivity index (χ1n) is 6.85. The zero-order chi connectivity index (χ0) is 15.5. The van der Waals surface area contributed by atoms with Crippen molar-refractivity contribution in [3.63, 3.8) is 0 Å². The molecule has 1 amide bonds. The van der Waals surface area contributed by atoms with Gasteiger partial charge in [0.05, 0.1) is 19.1 Å². The van der Waals surface area contributed by atoms with Gasteiger partial charge in [0, 0.05) is 12.1 Å². The molecule has 2 rings (SSSR count).